The van der Waals surface area contributed by atoms with Gasteiger partial charge in [-0.2, -0.15) is 0 Å². The fraction of sp³-hybridized carbons (Fsp3) is 0.364. The van der Waals surface area contributed by atoms with Crippen LogP contribution in [-0.4, -0.2) is 10.6 Å². The van der Waals surface area contributed by atoms with E-state index in [1.165, 1.54) is 5.56 Å². The lowest BCUT2D eigenvalue weighted by atomic mass is 10.0. The smallest absolute Gasteiger partial charge is 0.176 e. The van der Waals surface area contributed by atoms with E-state index in [0.717, 1.165) is 15.6 Å². The second-order valence-electron chi connectivity index (χ2n) is 3.18. The van der Waals surface area contributed by atoms with E-state index in [0.29, 0.717) is 0 Å². The van der Waals surface area contributed by atoms with Gasteiger partial charge in [0.05, 0.1) is 4.83 Å². The number of halogens is 2. The minimum Gasteiger partial charge on any atom is -0.293 e. The Balaban J connectivity index is 3.09. The summed E-state index contributed by atoms with van der Waals surface area (Å²) in [4.78, 5) is 11.6. The summed E-state index contributed by atoms with van der Waals surface area (Å²) in [6.07, 6.45) is 0.966. The largest absolute Gasteiger partial charge is 0.293 e. The van der Waals surface area contributed by atoms with Crippen molar-refractivity contribution in [3.63, 3.8) is 0 Å². The van der Waals surface area contributed by atoms with E-state index in [-0.39, 0.29) is 10.6 Å². The van der Waals surface area contributed by atoms with Gasteiger partial charge in [0.15, 0.2) is 5.78 Å². The molecule has 0 N–H and O–H groups in total. The molecular formula is C11H12BrIO. The van der Waals surface area contributed by atoms with Gasteiger partial charge in [0.1, 0.15) is 0 Å². The van der Waals surface area contributed by atoms with Gasteiger partial charge in [-0.1, -0.05) is 22.9 Å². The van der Waals surface area contributed by atoms with E-state index in [2.05, 4.69) is 51.5 Å². The third-order valence-corrected chi connectivity index (χ3v) is 3.05. The molecule has 0 spiro atoms. The van der Waals surface area contributed by atoms with Crippen molar-refractivity contribution < 1.29 is 4.79 Å². The first-order valence-electron chi connectivity index (χ1n) is 4.52. The monoisotopic (exact) mass is 366 g/mol. The van der Waals surface area contributed by atoms with E-state index in [9.17, 15) is 4.79 Å². The zero-order valence-electron chi connectivity index (χ0n) is 8.18. The molecule has 0 fully saturated rings. The van der Waals surface area contributed by atoms with Gasteiger partial charge in [-0.25, -0.2) is 0 Å². The molecule has 1 nitrogen and oxygen atoms in total. The molecule has 0 saturated carbocycles. The van der Waals surface area contributed by atoms with Crippen LogP contribution in [0.5, 0.6) is 0 Å². The van der Waals surface area contributed by atoms with Gasteiger partial charge < -0.3 is 0 Å². The number of alkyl halides is 1. The first kappa shape index (κ1) is 12.2. The normalized spacial score (nSPS) is 12.6. The Morgan fingerprint density at radius 3 is 2.64 bits per heavy atom. The van der Waals surface area contributed by atoms with Crippen LogP contribution < -0.4 is 0 Å². The molecule has 0 aliphatic rings. The molecule has 76 valence electrons. The average Bonchev–Trinajstić information content (AvgIpc) is 2.15. The molecule has 1 aromatic rings. The molecule has 14 heavy (non-hydrogen) atoms. The Labute approximate surface area is 107 Å². The highest BCUT2D eigenvalue weighted by atomic mass is 127. The predicted octanol–water partition coefficient (Wildman–Crippen LogP) is 3.82. The summed E-state index contributed by atoms with van der Waals surface area (Å²) in [5.74, 6) is 0.151. The fourth-order valence-corrected chi connectivity index (χ4v) is 2.23. The molecule has 0 saturated heterocycles. The van der Waals surface area contributed by atoms with Crippen molar-refractivity contribution in [2.75, 3.05) is 0 Å². The Hall–Kier alpha value is 0.1000. The maximum absolute atomic E-state index is 11.7. The predicted molar refractivity (Wildman–Crippen MR) is 71.3 cm³/mol. The molecule has 1 rings (SSSR count). The highest BCUT2D eigenvalue weighted by Gasteiger charge is 2.12. The van der Waals surface area contributed by atoms with Gasteiger partial charge in [-0.3, -0.25) is 4.79 Å². The minimum atomic E-state index is -0.106. The SMILES string of the molecule is CCc1cc(I)cc(C(=O)C(C)Br)c1. The molecule has 0 heterocycles. The van der Waals surface area contributed by atoms with Crippen LogP contribution in [0.25, 0.3) is 0 Å². The summed E-state index contributed by atoms with van der Waals surface area (Å²) in [6, 6.07) is 6.01. The van der Waals surface area contributed by atoms with Crippen molar-refractivity contribution in [1.82, 2.24) is 0 Å². The summed E-state index contributed by atoms with van der Waals surface area (Å²) in [5, 5.41) is 0. The Kier molecular flexibility index (Phi) is 4.57. The fourth-order valence-electron chi connectivity index (χ4n) is 1.23. The van der Waals surface area contributed by atoms with E-state index < -0.39 is 0 Å². The van der Waals surface area contributed by atoms with E-state index in [1.54, 1.807) is 0 Å². The summed E-state index contributed by atoms with van der Waals surface area (Å²) in [7, 11) is 0. The molecule has 0 aromatic heterocycles. The number of carbonyl (C=O) groups is 1. The summed E-state index contributed by atoms with van der Waals surface area (Å²) >= 11 is 5.54. The number of benzene rings is 1. The summed E-state index contributed by atoms with van der Waals surface area (Å²) in [6.45, 7) is 3.95. The van der Waals surface area contributed by atoms with Crippen LogP contribution in [0, 0.1) is 3.57 Å². The molecule has 0 aliphatic heterocycles. The number of aryl methyl sites for hydroxylation is 1. The molecular weight excluding hydrogens is 355 g/mol. The topological polar surface area (TPSA) is 17.1 Å². The van der Waals surface area contributed by atoms with Crippen molar-refractivity contribution in [3.8, 4) is 0 Å². The van der Waals surface area contributed by atoms with Crippen molar-refractivity contribution in [2.45, 2.75) is 25.1 Å². The zero-order chi connectivity index (χ0) is 10.7. The molecule has 0 bridgehead atoms. The van der Waals surface area contributed by atoms with E-state index in [1.807, 2.05) is 19.1 Å². The zero-order valence-corrected chi connectivity index (χ0v) is 11.9. The number of hydrogen-bond acceptors (Lipinski definition) is 1. The highest BCUT2D eigenvalue weighted by Crippen LogP contribution is 2.16. The number of Topliss-reactive ketones (excluding diaryl/α,β-unsaturated/α-hetero) is 1. The van der Waals surface area contributed by atoms with Gasteiger partial charge in [0, 0.05) is 9.13 Å². The number of ketones is 1. The third-order valence-electron chi connectivity index (χ3n) is 2.01. The quantitative estimate of drug-likeness (QED) is 0.451. The second-order valence-corrected chi connectivity index (χ2v) is 5.80. The molecule has 0 aliphatic carbocycles. The van der Waals surface area contributed by atoms with Crippen LogP contribution in [-0.2, 0) is 6.42 Å². The lowest BCUT2D eigenvalue weighted by Gasteiger charge is -2.06. The van der Waals surface area contributed by atoms with Gasteiger partial charge in [-0.05, 0) is 59.7 Å². The van der Waals surface area contributed by atoms with Crippen LogP contribution in [0.4, 0.5) is 0 Å². The average molecular weight is 367 g/mol. The molecule has 3 heteroatoms. The molecule has 0 radical (unpaired) electrons. The van der Waals surface area contributed by atoms with Gasteiger partial charge in [0.25, 0.3) is 0 Å². The summed E-state index contributed by atoms with van der Waals surface area (Å²) < 4.78 is 1.12. The maximum atomic E-state index is 11.7. The van der Waals surface area contributed by atoms with Gasteiger partial charge >= 0.3 is 0 Å². The number of hydrogen-bond donors (Lipinski definition) is 0. The van der Waals surface area contributed by atoms with Crippen LogP contribution in [0.3, 0.4) is 0 Å². The van der Waals surface area contributed by atoms with Gasteiger partial charge in [0.2, 0.25) is 0 Å². The van der Waals surface area contributed by atoms with Crippen LogP contribution >= 0.6 is 38.5 Å². The maximum Gasteiger partial charge on any atom is 0.176 e. The molecule has 1 atom stereocenters. The number of rotatable bonds is 3. The van der Waals surface area contributed by atoms with Crippen molar-refractivity contribution in [3.05, 3.63) is 32.9 Å². The Morgan fingerprint density at radius 2 is 2.14 bits per heavy atom. The van der Waals surface area contributed by atoms with Gasteiger partial charge in [-0.15, -0.1) is 0 Å². The highest BCUT2D eigenvalue weighted by molar-refractivity contribution is 14.1. The van der Waals surface area contributed by atoms with Crippen molar-refractivity contribution in [1.29, 1.82) is 0 Å². The van der Waals surface area contributed by atoms with Crippen LogP contribution in [0.1, 0.15) is 29.8 Å². The summed E-state index contributed by atoms with van der Waals surface area (Å²) in [5.41, 5.74) is 2.02. The molecule has 1 unspecified atom stereocenters. The minimum absolute atomic E-state index is 0.106. The third kappa shape index (κ3) is 3.05. The Morgan fingerprint density at radius 1 is 1.50 bits per heavy atom. The standard InChI is InChI=1S/C11H12BrIO/c1-3-8-4-9(6-10(13)5-8)11(14)7(2)12/h4-7H,3H2,1-2H3. The van der Waals surface area contributed by atoms with E-state index in [4.69, 9.17) is 0 Å². The molecule has 0 amide bonds. The molecule has 1 aromatic carbocycles. The lowest BCUT2D eigenvalue weighted by molar-refractivity contribution is 0.0995. The lowest BCUT2D eigenvalue weighted by Crippen LogP contribution is -2.10. The number of carbonyl (C=O) groups excluding carboxylic acids is 1. The van der Waals surface area contributed by atoms with Crippen LogP contribution in [0.15, 0.2) is 18.2 Å². The first-order valence-corrected chi connectivity index (χ1v) is 6.51. The van der Waals surface area contributed by atoms with Crippen LogP contribution in [0.2, 0.25) is 0 Å². The van der Waals surface area contributed by atoms with Crippen molar-refractivity contribution in [2.24, 2.45) is 0 Å². The second kappa shape index (κ2) is 5.26. The Bertz CT molecular complexity index is 347. The first-order chi connectivity index (χ1) is 6.54. The van der Waals surface area contributed by atoms with Crippen molar-refractivity contribution >= 4 is 44.3 Å². The van der Waals surface area contributed by atoms with E-state index >= 15 is 0 Å².